The van der Waals surface area contributed by atoms with Gasteiger partial charge in [0.1, 0.15) is 0 Å². The lowest BCUT2D eigenvalue weighted by Crippen LogP contribution is -2.59. The molecule has 0 aliphatic rings. The Hall–Kier alpha value is -2.15. The van der Waals surface area contributed by atoms with Gasteiger partial charge >= 0.3 is 8.80 Å². The minimum Gasteiger partial charge on any atom is -0.452 e. The molecular formula is C13H16O6Si. The molecule has 0 aliphatic carbocycles. The lowest BCUT2D eigenvalue weighted by molar-refractivity contribution is -0.146. The summed E-state index contributed by atoms with van der Waals surface area (Å²) in [6.45, 7) is 5.29. The zero-order chi connectivity index (χ0) is 15.3. The second-order valence-electron chi connectivity index (χ2n) is 4.21. The average molecular weight is 296 g/mol. The van der Waals surface area contributed by atoms with Crippen molar-refractivity contribution >= 4 is 31.9 Å². The molecule has 0 N–H and O–H groups in total. The molecule has 1 aromatic rings. The van der Waals surface area contributed by atoms with E-state index in [2.05, 4.69) is 0 Å². The SMILES string of the molecule is CC(=O)O[Si](OC(C)=O)(OC(C)=O)c1cccc(C)c1. The number of hydrogen-bond acceptors (Lipinski definition) is 6. The molecule has 0 atom stereocenters. The molecule has 1 rings (SSSR count). The van der Waals surface area contributed by atoms with Crippen LogP contribution in [0, 0.1) is 6.92 Å². The van der Waals surface area contributed by atoms with Crippen molar-refractivity contribution < 1.29 is 27.7 Å². The average Bonchev–Trinajstić information content (AvgIpc) is 2.25. The summed E-state index contributed by atoms with van der Waals surface area (Å²) in [5, 5.41) is 0.373. The van der Waals surface area contributed by atoms with Gasteiger partial charge in [-0.2, -0.15) is 0 Å². The second kappa shape index (κ2) is 6.33. The van der Waals surface area contributed by atoms with Gasteiger partial charge in [0, 0.05) is 20.8 Å². The Balaban J connectivity index is 3.36. The lowest BCUT2D eigenvalue weighted by atomic mass is 10.2. The fraction of sp³-hybridized carbons (Fsp3) is 0.308. The molecule has 0 amide bonds. The zero-order valence-electron chi connectivity index (χ0n) is 11.8. The van der Waals surface area contributed by atoms with Crippen LogP contribution in [-0.4, -0.2) is 26.7 Å². The first kappa shape index (κ1) is 15.9. The highest BCUT2D eigenvalue weighted by Gasteiger charge is 2.54. The summed E-state index contributed by atoms with van der Waals surface area (Å²) in [5.74, 6) is -2.08. The van der Waals surface area contributed by atoms with Crippen molar-refractivity contribution in [1.82, 2.24) is 0 Å². The molecule has 7 heteroatoms. The van der Waals surface area contributed by atoms with Crippen LogP contribution < -0.4 is 5.19 Å². The summed E-state index contributed by atoms with van der Waals surface area (Å²) in [7, 11) is -3.94. The van der Waals surface area contributed by atoms with Crippen LogP contribution in [0.2, 0.25) is 0 Å². The van der Waals surface area contributed by atoms with Crippen molar-refractivity contribution in [3.63, 3.8) is 0 Å². The van der Waals surface area contributed by atoms with E-state index >= 15 is 0 Å². The van der Waals surface area contributed by atoms with Gasteiger partial charge in [-0.1, -0.05) is 23.8 Å². The highest BCUT2D eigenvalue weighted by Crippen LogP contribution is 2.13. The summed E-state index contributed by atoms with van der Waals surface area (Å²) in [5.41, 5.74) is 0.853. The van der Waals surface area contributed by atoms with Crippen molar-refractivity contribution in [3.05, 3.63) is 29.8 Å². The Morgan fingerprint density at radius 2 is 1.35 bits per heavy atom. The van der Waals surface area contributed by atoms with E-state index < -0.39 is 26.7 Å². The summed E-state index contributed by atoms with van der Waals surface area (Å²) in [6, 6.07) is 6.76. The molecule has 0 bridgehead atoms. The fourth-order valence-corrected chi connectivity index (χ4v) is 3.96. The maximum absolute atomic E-state index is 11.3. The Morgan fingerprint density at radius 3 is 1.70 bits per heavy atom. The van der Waals surface area contributed by atoms with Gasteiger partial charge in [0.15, 0.2) is 0 Å². The molecule has 0 spiro atoms. The number of aryl methyl sites for hydroxylation is 1. The molecule has 0 aromatic heterocycles. The van der Waals surface area contributed by atoms with Crippen LogP contribution in [0.5, 0.6) is 0 Å². The second-order valence-corrected chi connectivity index (χ2v) is 6.51. The molecule has 0 radical (unpaired) electrons. The normalized spacial score (nSPS) is 10.6. The Bertz CT molecular complexity index is 499. The minimum absolute atomic E-state index is 0.373. The number of benzene rings is 1. The first-order chi connectivity index (χ1) is 9.25. The molecule has 20 heavy (non-hydrogen) atoms. The smallest absolute Gasteiger partial charge is 0.452 e. The van der Waals surface area contributed by atoms with E-state index in [1.54, 1.807) is 18.2 Å². The van der Waals surface area contributed by atoms with Crippen LogP contribution in [0.15, 0.2) is 24.3 Å². The van der Waals surface area contributed by atoms with Gasteiger partial charge in [0.25, 0.3) is 17.9 Å². The van der Waals surface area contributed by atoms with E-state index in [9.17, 15) is 14.4 Å². The fourth-order valence-electron chi connectivity index (χ4n) is 1.64. The highest BCUT2D eigenvalue weighted by molar-refractivity contribution is 6.79. The third kappa shape index (κ3) is 4.20. The van der Waals surface area contributed by atoms with Gasteiger partial charge in [-0.15, -0.1) is 0 Å². The largest absolute Gasteiger partial charge is 0.742 e. The lowest BCUT2D eigenvalue weighted by Gasteiger charge is -2.26. The van der Waals surface area contributed by atoms with E-state index in [0.717, 1.165) is 26.3 Å². The molecule has 0 aliphatic heterocycles. The Morgan fingerprint density at radius 1 is 0.900 bits per heavy atom. The summed E-state index contributed by atoms with van der Waals surface area (Å²) in [4.78, 5) is 33.9. The van der Waals surface area contributed by atoms with E-state index in [1.165, 1.54) is 0 Å². The van der Waals surface area contributed by atoms with Gasteiger partial charge in [-0.25, -0.2) is 0 Å². The quantitative estimate of drug-likeness (QED) is 0.766. The van der Waals surface area contributed by atoms with E-state index in [4.69, 9.17) is 13.3 Å². The van der Waals surface area contributed by atoms with Crippen LogP contribution in [0.1, 0.15) is 26.3 Å². The standard InChI is InChI=1S/C13H16O6Si/c1-9-6-5-7-13(8-9)20(17-10(2)14,18-11(3)15)19-12(4)16/h5-8H,1-4H3. The number of rotatable bonds is 4. The zero-order valence-corrected chi connectivity index (χ0v) is 12.8. The van der Waals surface area contributed by atoms with Crippen LogP contribution in [0.25, 0.3) is 0 Å². The number of hydrogen-bond donors (Lipinski definition) is 0. The molecular weight excluding hydrogens is 280 g/mol. The molecule has 6 nitrogen and oxygen atoms in total. The maximum Gasteiger partial charge on any atom is 0.742 e. The topological polar surface area (TPSA) is 78.9 Å². The van der Waals surface area contributed by atoms with Crippen molar-refractivity contribution in [3.8, 4) is 0 Å². The Labute approximate surface area is 118 Å². The molecule has 0 saturated carbocycles. The number of carbonyl (C=O) groups is 3. The first-order valence-electron chi connectivity index (χ1n) is 5.91. The third-order valence-corrected chi connectivity index (χ3v) is 4.89. The summed E-state index contributed by atoms with van der Waals surface area (Å²) >= 11 is 0. The molecule has 1 aromatic carbocycles. The van der Waals surface area contributed by atoms with Gasteiger partial charge in [-0.3, -0.25) is 14.4 Å². The summed E-state index contributed by atoms with van der Waals surface area (Å²) < 4.78 is 15.3. The van der Waals surface area contributed by atoms with E-state index in [0.29, 0.717) is 5.19 Å². The molecule has 0 unspecified atom stereocenters. The highest BCUT2D eigenvalue weighted by atomic mass is 28.4. The molecule has 0 saturated heterocycles. The third-order valence-electron chi connectivity index (χ3n) is 2.21. The predicted octanol–water partition coefficient (Wildman–Crippen LogP) is 0.830. The van der Waals surface area contributed by atoms with E-state index in [1.807, 2.05) is 13.0 Å². The van der Waals surface area contributed by atoms with Gasteiger partial charge < -0.3 is 13.3 Å². The monoisotopic (exact) mass is 296 g/mol. The van der Waals surface area contributed by atoms with Gasteiger partial charge in [0.05, 0.1) is 5.19 Å². The molecule has 0 heterocycles. The van der Waals surface area contributed by atoms with Crippen molar-refractivity contribution in [2.24, 2.45) is 0 Å². The van der Waals surface area contributed by atoms with Gasteiger partial charge in [-0.05, 0) is 13.0 Å². The minimum atomic E-state index is -3.94. The van der Waals surface area contributed by atoms with Crippen LogP contribution in [-0.2, 0) is 27.7 Å². The van der Waals surface area contributed by atoms with Crippen LogP contribution in [0.4, 0.5) is 0 Å². The summed E-state index contributed by atoms with van der Waals surface area (Å²) in [6.07, 6.45) is 0. The van der Waals surface area contributed by atoms with Crippen molar-refractivity contribution in [2.75, 3.05) is 0 Å². The van der Waals surface area contributed by atoms with Crippen LogP contribution in [0.3, 0.4) is 0 Å². The van der Waals surface area contributed by atoms with Crippen molar-refractivity contribution in [1.29, 1.82) is 0 Å². The van der Waals surface area contributed by atoms with Crippen LogP contribution >= 0.6 is 0 Å². The number of carbonyl (C=O) groups excluding carboxylic acids is 3. The molecule has 0 fully saturated rings. The maximum atomic E-state index is 11.3. The predicted molar refractivity (Wildman–Crippen MR) is 71.9 cm³/mol. The first-order valence-corrected chi connectivity index (χ1v) is 7.63. The Kier molecular flexibility index (Phi) is 5.04. The van der Waals surface area contributed by atoms with Crippen molar-refractivity contribution in [2.45, 2.75) is 27.7 Å². The van der Waals surface area contributed by atoms with Gasteiger partial charge in [0.2, 0.25) is 0 Å². The van der Waals surface area contributed by atoms with E-state index in [-0.39, 0.29) is 0 Å². The molecule has 108 valence electrons.